The van der Waals surface area contributed by atoms with Crippen molar-refractivity contribution in [3.8, 4) is 5.75 Å². The van der Waals surface area contributed by atoms with Gasteiger partial charge in [0.1, 0.15) is 23.1 Å². The van der Waals surface area contributed by atoms with Crippen molar-refractivity contribution in [2.24, 2.45) is 0 Å². The first-order valence-electron chi connectivity index (χ1n) is 6.47. The molecule has 12 heteroatoms. The molecule has 1 fully saturated rings. The quantitative estimate of drug-likeness (QED) is 0.590. The van der Waals surface area contributed by atoms with Gasteiger partial charge in [-0.15, -0.1) is 0 Å². The number of hydrogen-bond acceptors (Lipinski definition) is 6. The van der Waals surface area contributed by atoms with Crippen LogP contribution in [0.1, 0.15) is 23.2 Å². The lowest BCUT2D eigenvalue weighted by Crippen LogP contribution is -2.47. The fraction of sp³-hybridized carbons (Fsp3) is 0.500. The number of nitrogens with one attached hydrogen (secondary N) is 1. The highest BCUT2D eigenvalue weighted by Crippen LogP contribution is 2.39. The van der Waals surface area contributed by atoms with Crippen molar-refractivity contribution in [1.82, 2.24) is 9.71 Å². The van der Waals surface area contributed by atoms with Crippen LogP contribution in [0.5, 0.6) is 5.75 Å². The van der Waals surface area contributed by atoms with E-state index >= 15 is 0 Å². The van der Waals surface area contributed by atoms with Crippen LogP contribution in [0.3, 0.4) is 0 Å². The highest BCUT2D eigenvalue weighted by atomic mass is 35.5. The Labute approximate surface area is 140 Å². The molecule has 1 N–H and O–H groups in total. The van der Waals surface area contributed by atoms with E-state index in [1.165, 1.54) is 6.07 Å². The summed E-state index contributed by atoms with van der Waals surface area (Å²) in [7, 11) is -4.33. The minimum Gasteiger partial charge on any atom is -0.490 e. The van der Waals surface area contributed by atoms with Gasteiger partial charge in [0.25, 0.3) is 0 Å². The van der Waals surface area contributed by atoms with Crippen molar-refractivity contribution in [1.29, 1.82) is 0 Å². The number of rotatable bonds is 6. The fourth-order valence-electron chi connectivity index (χ4n) is 1.75. The molecule has 0 unspecified atom stereocenters. The molecule has 0 atom stereocenters. The van der Waals surface area contributed by atoms with Crippen molar-refractivity contribution in [3.63, 3.8) is 0 Å². The number of pyridine rings is 1. The summed E-state index contributed by atoms with van der Waals surface area (Å²) < 4.78 is 70.9. The molecule has 0 bridgehead atoms. The molecule has 1 heterocycles. The number of aromatic nitrogens is 1. The lowest BCUT2D eigenvalue weighted by atomic mass is 10.3. The van der Waals surface area contributed by atoms with Crippen molar-refractivity contribution in [3.05, 3.63) is 23.0 Å². The maximum Gasteiger partial charge on any atom is 0.511 e. The number of alkyl halides is 3. The zero-order valence-corrected chi connectivity index (χ0v) is 13.8. The lowest BCUT2D eigenvalue weighted by molar-refractivity contribution is -0.0453. The maximum atomic E-state index is 12.4. The molecule has 0 saturated heterocycles. The Morgan fingerprint density at radius 2 is 2.08 bits per heavy atom. The van der Waals surface area contributed by atoms with Crippen LogP contribution in [0, 0.1) is 0 Å². The summed E-state index contributed by atoms with van der Waals surface area (Å²) in [6, 6.07) is 1.20. The molecule has 0 aromatic carbocycles. The third kappa shape index (κ3) is 4.08. The summed E-state index contributed by atoms with van der Waals surface area (Å²) in [5, 5.41) is -0.131. The van der Waals surface area contributed by atoms with Gasteiger partial charge < -0.3 is 9.47 Å². The van der Waals surface area contributed by atoms with Gasteiger partial charge in [-0.2, -0.15) is 17.9 Å². The summed E-state index contributed by atoms with van der Waals surface area (Å²) in [4.78, 5) is 15.2. The Kier molecular flexibility index (Phi) is 4.98. The summed E-state index contributed by atoms with van der Waals surface area (Å²) in [5.41, 5.74) is -6.82. The average molecular weight is 389 g/mol. The van der Waals surface area contributed by atoms with E-state index in [4.69, 9.17) is 16.3 Å². The van der Waals surface area contributed by atoms with E-state index in [9.17, 15) is 26.4 Å². The second kappa shape index (κ2) is 6.37. The van der Waals surface area contributed by atoms with Gasteiger partial charge in [-0.1, -0.05) is 11.6 Å². The predicted molar refractivity (Wildman–Crippen MR) is 76.2 cm³/mol. The average Bonchev–Trinajstić information content (AvgIpc) is 3.23. The highest BCUT2D eigenvalue weighted by Gasteiger charge is 2.55. The minimum atomic E-state index is -5.47. The van der Waals surface area contributed by atoms with Crippen molar-refractivity contribution >= 4 is 27.6 Å². The monoisotopic (exact) mass is 388 g/mol. The number of nitrogens with zero attached hydrogens (tertiary/aromatic N) is 1. The molecule has 1 aliphatic carbocycles. The number of esters is 1. The molecule has 7 nitrogen and oxygen atoms in total. The summed E-state index contributed by atoms with van der Waals surface area (Å²) in [6.45, 7) is -0.355. The first-order chi connectivity index (χ1) is 11.0. The SMILES string of the molecule is COC(=O)c1cc(OCC2(NS(=O)(=O)C(F)(F)F)CC2)cnc1Cl. The Balaban J connectivity index is 2.07. The Morgan fingerprint density at radius 1 is 1.46 bits per heavy atom. The minimum absolute atomic E-state index is 0.0391. The summed E-state index contributed by atoms with van der Waals surface area (Å²) in [6.07, 6.45) is 1.53. The maximum absolute atomic E-state index is 12.4. The Bertz CT molecular complexity index is 750. The molecule has 0 amide bonds. The van der Waals surface area contributed by atoms with Crippen LogP contribution in [0.2, 0.25) is 5.15 Å². The molecule has 1 aromatic heterocycles. The van der Waals surface area contributed by atoms with E-state index < -0.39 is 27.0 Å². The van der Waals surface area contributed by atoms with Gasteiger partial charge >= 0.3 is 21.5 Å². The van der Waals surface area contributed by atoms with Crippen LogP contribution in [0.15, 0.2) is 12.3 Å². The van der Waals surface area contributed by atoms with Crippen LogP contribution < -0.4 is 9.46 Å². The molecule has 0 aliphatic heterocycles. The highest BCUT2D eigenvalue weighted by molar-refractivity contribution is 7.90. The fourth-order valence-corrected chi connectivity index (χ4v) is 2.88. The van der Waals surface area contributed by atoms with Crippen molar-refractivity contribution in [2.45, 2.75) is 23.9 Å². The first-order valence-corrected chi connectivity index (χ1v) is 8.33. The lowest BCUT2D eigenvalue weighted by Gasteiger charge is -2.19. The summed E-state index contributed by atoms with van der Waals surface area (Å²) in [5.74, 6) is -0.728. The van der Waals surface area contributed by atoms with Gasteiger partial charge in [-0.3, -0.25) is 0 Å². The van der Waals surface area contributed by atoms with Gasteiger partial charge in [-0.25, -0.2) is 18.2 Å². The number of hydrogen-bond donors (Lipinski definition) is 1. The molecule has 1 aliphatic rings. The summed E-state index contributed by atoms with van der Waals surface area (Å²) >= 11 is 5.73. The van der Waals surface area contributed by atoms with E-state index in [0.29, 0.717) is 0 Å². The third-order valence-electron chi connectivity index (χ3n) is 3.24. The van der Waals surface area contributed by atoms with Crippen LogP contribution in [-0.4, -0.2) is 44.1 Å². The first kappa shape index (κ1) is 18.7. The number of carbonyl (C=O) groups excluding carboxylic acids is 1. The zero-order chi connectivity index (χ0) is 18.2. The standard InChI is InChI=1S/C12H12ClF3N2O5S/c1-22-10(19)8-4-7(5-17-9(8)13)23-6-11(2-3-11)18-24(20,21)12(14,15)16/h4-5,18H,2-3,6H2,1H3. The zero-order valence-electron chi connectivity index (χ0n) is 12.2. The van der Waals surface area contributed by atoms with Gasteiger partial charge in [-0.05, 0) is 18.9 Å². The van der Waals surface area contributed by atoms with Crippen molar-refractivity contribution in [2.75, 3.05) is 13.7 Å². The Morgan fingerprint density at radius 3 is 2.58 bits per heavy atom. The largest absolute Gasteiger partial charge is 0.511 e. The molecule has 2 rings (SSSR count). The molecule has 24 heavy (non-hydrogen) atoms. The number of methoxy groups -OCH3 is 1. The molecule has 0 radical (unpaired) electrons. The van der Waals surface area contributed by atoms with Gasteiger partial charge in [0, 0.05) is 0 Å². The van der Waals surface area contributed by atoms with Crippen LogP contribution in [0.25, 0.3) is 0 Å². The van der Waals surface area contributed by atoms with Crippen LogP contribution in [0.4, 0.5) is 13.2 Å². The molecule has 0 spiro atoms. The van der Waals surface area contributed by atoms with E-state index in [1.54, 1.807) is 4.72 Å². The van der Waals surface area contributed by atoms with Gasteiger partial charge in [0.2, 0.25) is 0 Å². The van der Waals surface area contributed by atoms with E-state index in [0.717, 1.165) is 13.3 Å². The van der Waals surface area contributed by atoms with Gasteiger partial charge in [0.05, 0.1) is 18.8 Å². The molecule has 1 saturated carbocycles. The van der Waals surface area contributed by atoms with Crippen LogP contribution >= 0.6 is 11.6 Å². The van der Waals surface area contributed by atoms with Gasteiger partial charge in [0.15, 0.2) is 0 Å². The third-order valence-corrected chi connectivity index (χ3v) is 4.86. The number of sulfonamides is 1. The second-order valence-electron chi connectivity index (χ2n) is 5.12. The predicted octanol–water partition coefficient (Wildman–Crippen LogP) is 1.87. The molecular formula is C12H12ClF3N2O5S. The molecule has 134 valence electrons. The Hall–Kier alpha value is -1.59. The van der Waals surface area contributed by atoms with E-state index in [1.807, 2.05) is 0 Å². The normalized spacial score (nSPS) is 16.5. The molecule has 1 aromatic rings. The number of ether oxygens (including phenoxy) is 2. The van der Waals surface area contributed by atoms with Crippen LogP contribution in [-0.2, 0) is 14.8 Å². The van der Waals surface area contributed by atoms with Crippen molar-refractivity contribution < 1.29 is 35.9 Å². The smallest absolute Gasteiger partial charge is 0.490 e. The number of carbonyl (C=O) groups is 1. The molecular weight excluding hydrogens is 377 g/mol. The topological polar surface area (TPSA) is 94.6 Å². The van der Waals surface area contributed by atoms with E-state index in [-0.39, 0.29) is 35.9 Å². The number of halogens is 4. The second-order valence-corrected chi connectivity index (χ2v) is 7.15. The van der Waals surface area contributed by atoms with E-state index in [2.05, 4.69) is 9.72 Å².